The maximum Gasteiger partial charge on any atom is 0.220 e. The van der Waals surface area contributed by atoms with Crippen LogP contribution in [0.25, 0.3) is 0 Å². The van der Waals surface area contributed by atoms with Crippen LogP contribution in [0, 0.1) is 0 Å². The maximum absolute atomic E-state index is 13.2. The SMILES string of the molecule is CC/C=C\C/C=C\C/C=C\C/C=C\C/C=C\C/C=C\C/C=C\C/C=C\C/C=C\C/C=C\CCCCCCCCCCCCC(=O)NC(COC1OC(CO)C(OC2OC(CO)C(O)C(O)C2O)C(O)C1O)C(O)/C=C/CCCCCCCCCC. The minimum Gasteiger partial charge on any atom is -0.394 e. The van der Waals surface area contributed by atoms with Crippen LogP contribution in [0.1, 0.15) is 213 Å². The Balaban J connectivity index is 1.58. The number of carbonyl (C=O) groups excluding carboxylic acids is 1. The summed E-state index contributed by atoms with van der Waals surface area (Å²) in [7, 11) is 0. The predicted octanol–water partition coefficient (Wildman–Crippen LogP) is 12.7. The molecule has 14 nitrogen and oxygen atoms in total. The first-order valence-electron chi connectivity index (χ1n) is 32.9. The predicted molar refractivity (Wildman–Crippen MR) is 345 cm³/mol. The van der Waals surface area contributed by atoms with Gasteiger partial charge in [0.15, 0.2) is 12.6 Å². The zero-order valence-electron chi connectivity index (χ0n) is 52.3. The molecule has 2 aliphatic rings. The van der Waals surface area contributed by atoms with Crippen LogP contribution < -0.4 is 5.32 Å². The van der Waals surface area contributed by atoms with Gasteiger partial charge in [-0.05, 0) is 96.3 Å². The van der Waals surface area contributed by atoms with E-state index in [4.69, 9.17) is 18.9 Å². The fraction of sp³-hybridized carbons (Fsp3) is 0.676. The summed E-state index contributed by atoms with van der Waals surface area (Å²) in [5.74, 6) is -0.252. The molecule has 9 N–H and O–H groups in total. The van der Waals surface area contributed by atoms with Crippen molar-refractivity contribution in [2.75, 3.05) is 19.8 Å². The highest BCUT2D eigenvalue weighted by Crippen LogP contribution is 2.30. The van der Waals surface area contributed by atoms with E-state index in [0.29, 0.717) is 6.42 Å². The van der Waals surface area contributed by atoms with Crippen molar-refractivity contribution in [1.82, 2.24) is 5.32 Å². The van der Waals surface area contributed by atoms with Gasteiger partial charge in [0.25, 0.3) is 0 Å². The first kappa shape index (κ1) is 77.2. The van der Waals surface area contributed by atoms with Gasteiger partial charge in [-0.15, -0.1) is 0 Å². The molecule has 2 heterocycles. The number of nitrogens with one attached hydrogen (secondary N) is 1. The molecule has 0 aromatic heterocycles. The average molecular weight is 1190 g/mol. The zero-order valence-corrected chi connectivity index (χ0v) is 52.3. The van der Waals surface area contributed by atoms with Gasteiger partial charge in [0.1, 0.15) is 48.8 Å². The number of carbonyl (C=O) groups is 1. The summed E-state index contributed by atoms with van der Waals surface area (Å²) in [6, 6.07) is -0.924. The molecule has 2 saturated heterocycles. The fourth-order valence-electron chi connectivity index (χ4n) is 9.85. The number of amides is 1. The van der Waals surface area contributed by atoms with Crippen molar-refractivity contribution >= 4 is 5.91 Å². The van der Waals surface area contributed by atoms with Gasteiger partial charge in [0.2, 0.25) is 5.91 Å². The Hall–Kier alpha value is -3.87. The van der Waals surface area contributed by atoms with Gasteiger partial charge in [-0.25, -0.2) is 0 Å². The highest BCUT2D eigenvalue weighted by atomic mass is 16.7. The van der Waals surface area contributed by atoms with Crippen LogP contribution >= 0.6 is 0 Å². The summed E-state index contributed by atoms with van der Waals surface area (Å²) in [6.07, 6.45) is 63.8. The van der Waals surface area contributed by atoms with Crippen molar-refractivity contribution in [1.29, 1.82) is 0 Å². The molecule has 2 rings (SSSR count). The van der Waals surface area contributed by atoms with Crippen molar-refractivity contribution in [2.45, 2.75) is 286 Å². The number of aliphatic hydroxyl groups excluding tert-OH is 8. The topological polar surface area (TPSA) is 228 Å². The van der Waals surface area contributed by atoms with E-state index in [-0.39, 0.29) is 18.9 Å². The molecule has 85 heavy (non-hydrogen) atoms. The van der Waals surface area contributed by atoms with E-state index in [1.165, 1.54) is 70.6 Å². The summed E-state index contributed by atoms with van der Waals surface area (Å²) in [5.41, 5.74) is 0. The smallest absolute Gasteiger partial charge is 0.220 e. The lowest BCUT2D eigenvalue weighted by atomic mass is 9.97. The quantitative estimate of drug-likeness (QED) is 0.0204. The summed E-state index contributed by atoms with van der Waals surface area (Å²) in [5, 5.41) is 87.0. The first-order valence-corrected chi connectivity index (χ1v) is 32.9. The molecule has 0 spiro atoms. The third-order valence-corrected chi connectivity index (χ3v) is 15.1. The van der Waals surface area contributed by atoms with E-state index in [0.717, 1.165) is 116 Å². The highest BCUT2D eigenvalue weighted by molar-refractivity contribution is 5.76. The van der Waals surface area contributed by atoms with E-state index in [1.807, 2.05) is 6.08 Å². The van der Waals surface area contributed by atoms with E-state index in [1.54, 1.807) is 6.08 Å². The number of hydrogen-bond donors (Lipinski definition) is 9. The molecule has 2 aliphatic heterocycles. The van der Waals surface area contributed by atoms with Crippen molar-refractivity contribution in [3.05, 3.63) is 134 Å². The molecule has 0 aromatic carbocycles. The Bertz CT molecular complexity index is 1940. The number of rotatable bonds is 51. The van der Waals surface area contributed by atoms with Gasteiger partial charge in [-0.1, -0.05) is 244 Å². The minimum atomic E-state index is -1.79. The number of hydrogen-bond acceptors (Lipinski definition) is 13. The Morgan fingerprint density at radius 1 is 0.435 bits per heavy atom. The van der Waals surface area contributed by atoms with Gasteiger partial charge >= 0.3 is 0 Å². The monoisotopic (exact) mass is 1190 g/mol. The molecule has 1 amide bonds. The second kappa shape index (κ2) is 54.3. The zero-order chi connectivity index (χ0) is 61.6. The largest absolute Gasteiger partial charge is 0.394 e. The molecule has 2 fully saturated rings. The van der Waals surface area contributed by atoms with Crippen LogP contribution in [0.15, 0.2) is 134 Å². The van der Waals surface area contributed by atoms with Gasteiger partial charge in [0, 0.05) is 6.42 Å². The molecule has 0 aromatic rings. The lowest BCUT2D eigenvalue weighted by Gasteiger charge is -2.46. The van der Waals surface area contributed by atoms with E-state index in [2.05, 4.69) is 141 Å². The third-order valence-electron chi connectivity index (χ3n) is 15.1. The second-order valence-electron chi connectivity index (χ2n) is 22.5. The number of aliphatic hydroxyl groups is 8. The van der Waals surface area contributed by atoms with Crippen LogP contribution in [-0.4, -0.2) is 140 Å². The number of unbranched alkanes of at least 4 members (excludes halogenated alkanes) is 18. The van der Waals surface area contributed by atoms with Crippen LogP contribution in [0.4, 0.5) is 0 Å². The molecule has 12 unspecified atom stereocenters. The van der Waals surface area contributed by atoms with Crippen LogP contribution in [0.3, 0.4) is 0 Å². The Morgan fingerprint density at radius 2 is 0.812 bits per heavy atom. The molecule has 0 radical (unpaired) electrons. The third kappa shape index (κ3) is 38.9. The van der Waals surface area contributed by atoms with Gasteiger partial charge in [-0.2, -0.15) is 0 Å². The molecule has 0 aliphatic carbocycles. The Kier molecular flexibility index (Phi) is 49.3. The molecule has 0 bridgehead atoms. The molecule has 0 saturated carbocycles. The van der Waals surface area contributed by atoms with Crippen LogP contribution in [-0.2, 0) is 23.7 Å². The minimum absolute atomic E-state index is 0.252. The molecule has 12 atom stereocenters. The van der Waals surface area contributed by atoms with Gasteiger partial charge in [-0.3, -0.25) is 4.79 Å². The first-order chi connectivity index (χ1) is 41.6. The number of allylic oxidation sites excluding steroid dienone is 21. The molecular weight excluding hydrogens is 1070 g/mol. The number of ether oxygens (including phenoxy) is 4. The van der Waals surface area contributed by atoms with Gasteiger partial charge in [0.05, 0.1) is 32.0 Å². The Labute approximate surface area is 513 Å². The molecular formula is C71H117NO13. The van der Waals surface area contributed by atoms with E-state index in [9.17, 15) is 45.6 Å². The summed E-state index contributed by atoms with van der Waals surface area (Å²) >= 11 is 0. The Morgan fingerprint density at radius 3 is 1.25 bits per heavy atom. The second-order valence-corrected chi connectivity index (χ2v) is 22.5. The lowest BCUT2D eigenvalue weighted by molar-refractivity contribution is -0.359. The lowest BCUT2D eigenvalue weighted by Crippen LogP contribution is -2.65. The van der Waals surface area contributed by atoms with Crippen molar-refractivity contribution in [3.8, 4) is 0 Å². The summed E-state index contributed by atoms with van der Waals surface area (Å²) in [4.78, 5) is 13.2. The van der Waals surface area contributed by atoms with Crippen molar-refractivity contribution in [3.63, 3.8) is 0 Å². The van der Waals surface area contributed by atoms with E-state index >= 15 is 0 Å². The summed E-state index contributed by atoms with van der Waals surface area (Å²) < 4.78 is 22.7. The molecule has 14 heteroatoms. The summed E-state index contributed by atoms with van der Waals surface area (Å²) in [6.45, 7) is 2.63. The highest BCUT2D eigenvalue weighted by Gasteiger charge is 2.51. The average Bonchev–Trinajstić information content (AvgIpc) is 2.93. The van der Waals surface area contributed by atoms with Gasteiger partial charge < -0.3 is 65.1 Å². The van der Waals surface area contributed by atoms with Crippen LogP contribution in [0.5, 0.6) is 0 Å². The fourth-order valence-corrected chi connectivity index (χ4v) is 9.85. The van der Waals surface area contributed by atoms with Crippen LogP contribution in [0.2, 0.25) is 0 Å². The maximum atomic E-state index is 13.2. The van der Waals surface area contributed by atoms with Crippen molar-refractivity contribution in [2.24, 2.45) is 0 Å². The molecule has 484 valence electrons. The van der Waals surface area contributed by atoms with Crippen molar-refractivity contribution < 1.29 is 64.6 Å². The standard InChI is InChI=1S/C71H117NO13/c1-3-5-7-9-11-13-15-16-17-18-19-20-21-22-23-24-25-26-27-28-29-30-31-32-33-34-35-36-37-38-39-40-41-42-43-44-45-47-49-51-53-55-63(76)72-59(60(75)54-52-50-48-46-14-12-10-8-6-4-2)58-82-70-68(81)66(79)69(62(57-74)84-70)85-71-67(80)65(78)64(77)61(56-73)83-71/h5,7,11,13,16-17,19-20,22-23,25-26,28-29,31-32,34-35,37-38,52,54,59-62,64-71,73-75,77-81H,3-4,6,8-10,12,14-15,18,21,24,27,30,33,36,39-51,53,55-58H2,1-2H3,(H,72,76)/b7-5-,13-11-,17-16-,20-19-,23-22-,26-25-,29-28-,32-31-,35-34-,38-37-,54-52+. The van der Waals surface area contributed by atoms with E-state index < -0.39 is 86.8 Å². The normalized spacial score (nSPS) is 24.4.